The van der Waals surface area contributed by atoms with E-state index in [2.05, 4.69) is 5.10 Å². The molecule has 1 aromatic heterocycles. The van der Waals surface area contributed by atoms with Gasteiger partial charge in [-0.3, -0.25) is 4.68 Å². The lowest BCUT2D eigenvalue weighted by Crippen LogP contribution is -2.41. The molecule has 7 heteroatoms. The molecule has 1 aliphatic rings. The standard InChI is InChI=1S/C14H17BClFN2O2/c1-13(2)14(3,4)21-15(20-13)9-6-10(17)12-8(11(9)16)7-19(5)18-12/h6-7H,1-5H3. The minimum atomic E-state index is -0.693. The minimum Gasteiger partial charge on any atom is -0.399 e. The molecule has 0 aliphatic carbocycles. The van der Waals surface area contributed by atoms with Gasteiger partial charge in [-0.2, -0.15) is 5.10 Å². The van der Waals surface area contributed by atoms with Crippen molar-refractivity contribution in [1.82, 2.24) is 9.78 Å². The van der Waals surface area contributed by atoms with E-state index in [-0.39, 0.29) is 5.52 Å². The van der Waals surface area contributed by atoms with Gasteiger partial charge < -0.3 is 9.31 Å². The summed E-state index contributed by atoms with van der Waals surface area (Å²) in [7, 11) is 1.03. The fourth-order valence-corrected chi connectivity index (χ4v) is 2.67. The highest BCUT2D eigenvalue weighted by atomic mass is 35.5. The van der Waals surface area contributed by atoms with Crippen molar-refractivity contribution in [2.24, 2.45) is 7.05 Å². The van der Waals surface area contributed by atoms with Crippen LogP contribution in [0.5, 0.6) is 0 Å². The Bertz CT molecular complexity index is 713. The number of hydrogen-bond donors (Lipinski definition) is 0. The van der Waals surface area contributed by atoms with E-state index in [9.17, 15) is 4.39 Å². The molecule has 2 heterocycles. The zero-order chi connectivity index (χ0) is 15.6. The van der Waals surface area contributed by atoms with Gasteiger partial charge in [0.15, 0.2) is 5.82 Å². The molecule has 0 bridgehead atoms. The average Bonchev–Trinajstić information content (AvgIpc) is 2.83. The van der Waals surface area contributed by atoms with E-state index < -0.39 is 24.1 Å². The molecule has 2 aromatic rings. The molecule has 1 fully saturated rings. The molecule has 112 valence electrons. The molecule has 1 aliphatic heterocycles. The van der Waals surface area contributed by atoms with Gasteiger partial charge in [0.1, 0.15) is 5.52 Å². The molecule has 1 aromatic carbocycles. The van der Waals surface area contributed by atoms with Crippen LogP contribution in [0.1, 0.15) is 27.7 Å². The van der Waals surface area contributed by atoms with Crippen LogP contribution in [0.15, 0.2) is 12.3 Å². The topological polar surface area (TPSA) is 36.3 Å². The zero-order valence-corrected chi connectivity index (χ0v) is 13.5. The third-order valence-electron chi connectivity index (χ3n) is 4.33. The summed E-state index contributed by atoms with van der Waals surface area (Å²) in [6, 6.07) is 1.35. The van der Waals surface area contributed by atoms with Crippen LogP contribution in [0.4, 0.5) is 4.39 Å². The Labute approximate surface area is 128 Å². The Kier molecular flexibility index (Phi) is 3.14. The van der Waals surface area contributed by atoms with E-state index >= 15 is 0 Å². The number of nitrogens with zero attached hydrogens (tertiary/aromatic N) is 2. The quantitative estimate of drug-likeness (QED) is 0.760. The first kappa shape index (κ1) is 14.8. The summed E-state index contributed by atoms with van der Waals surface area (Å²) in [6.45, 7) is 7.78. The van der Waals surface area contributed by atoms with Gasteiger partial charge in [-0.05, 0) is 33.8 Å². The van der Waals surface area contributed by atoms with Crippen LogP contribution in [-0.4, -0.2) is 28.1 Å². The molecule has 0 unspecified atom stereocenters. The Hall–Kier alpha value is -1.11. The van der Waals surface area contributed by atoms with Crippen molar-refractivity contribution in [2.75, 3.05) is 0 Å². The van der Waals surface area contributed by atoms with Crippen molar-refractivity contribution in [2.45, 2.75) is 38.9 Å². The average molecular weight is 311 g/mol. The van der Waals surface area contributed by atoms with Crippen LogP contribution < -0.4 is 5.46 Å². The fraction of sp³-hybridized carbons (Fsp3) is 0.500. The van der Waals surface area contributed by atoms with E-state index in [1.165, 1.54) is 10.7 Å². The van der Waals surface area contributed by atoms with E-state index in [0.29, 0.717) is 15.9 Å². The molecule has 21 heavy (non-hydrogen) atoms. The number of aryl methyl sites for hydroxylation is 1. The third kappa shape index (κ3) is 2.17. The van der Waals surface area contributed by atoms with Crippen LogP contribution >= 0.6 is 11.6 Å². The molecule has 0 atom stereocenters. The van der Waals surface area contributed by atoms with Crippen molar-refractivity contribution in [3.8, 4) is 0 Å². The number of halogens is 2. The summed E-state index contributed by atoms with van der Waals surface area (Å²) in [4.78, 5) is 0. The number of fused-ring (bicyclic) bond motifs is 1. The van der Waals surface area contributed by atoms with Crippen LogP contribution in [0.2, 0.25) is 5.02 Å². The first-order chi connectivity index (χ1) is 9.62. The van der Waals surface area contributed by atoms with Gasteiger partial charge in [-0.15, -0.1) is 0 Å². The van der Waals surface area contributed by atoms with Gasteiger partial charge in [0, 0.05) is 24.1 Å². The molecule has 0 N–H and O–H groups in total. The second kappa shape index (κ2) is 4.45. The summed E-state index contributed by atoms with van der Waals surface area (Å²) in [6.07, 6.45) is 1.69. The summed E-state index contributed by atoms with van der Waals surface area (Å²) in [5.41, 5.74) is -0.251. The molecular formula is C14H17BClFN2O2. The molecule has 3 rings (SSSR count). The van der Waals surface area contributed by atoms with Gasteiger partial charge in [0.2, 0.25) is 0 Å². The van der Waals surface area contributed by atoms with Gasteiger partial charge >= 0.3 is 7.12 Å². The van der Waals surface area contributed by atoms with Crippen LogP contribution in [0, 0.1) is 5.82 Å². The predicted octanol–water partition coefficient (Wildman–Crippen LogP) is 2.67. The van der Waals surface area contributed by atoms with E-state index in [1.54, 1.807) is 13.2 Å². The SMILES string of the molecule is Cn1cc2c(Cl)c(B3OC(C)(C)C(C)(C)O3)cc(F)c2n1. The summed E-state index contributed by atoms with van der Waals surface area (Å²) in [5, 5.41) is 5.05. The summed E-state index contributed by atoms with van der Waals surface area (Å²) < 4.78 is 27.7. The van der Waals surface area contributed by atoms with Crippen molar-refractivity contribution in [3.05, 3.63) is 23.1 Å². The predicted molar refractivity (Wildman–Crippen MR) is 81.4 cm³/mol. The first-order valence-corrected chi connectivity index (χ1v) is 7.17. The Morgan fingerprint density at radius 2 is 1.81 bits per heavy atom. The monoisotopic (exact) mass is 310 g/mol. The smallest absolute Gasteiger partial charge is 0.399 e. The number of benzene rings is 1. The van der Waals surface area contributed by atoms with E-state index in [1.807, 2.05) is 27.7 Å². The minimum absolute atomic E-state index is 0.253. The molecule has 4 nitrogen and oxygen atoms in total. The second-order valence-corrected chi connectivity index (χ2v) is 6.79. The fourth-order valence-electron chi connectivity index (χ4n) is 2.39. The zero-order valence-electron chi connectivity index (χ0n) is 12.7. The lowest BCUT2D eigenvalue weighted by Gasteiger charge is -2.32. The van der Waals surface area contributed by atoms with Crippen molar-refractivity contribution < 1.29 is 13.7 Å². The molecule has 0 spiro atoms. The lowest BCUT2D eigenvalue weighted by atomic mass is 9.78. The number of hydrogen-bond acceptors (Lipinski definition) is 3. The summed E-state index contributed by atoms with van der Waals surface area (Å²) in [5.74, 6) is -0.431. The Morgan fingerprint density at radius 1 is 1.24 bits per heavy atom. The van der Waals surface area contributed by atoms with Gasteiger partial charge in [-0.25, -0.2) is 4.39 Å². The molecule has 0 amide bonds. The molecule has 0 saturated carbocycles. The van der Waals surface area contributed by atoms with E-state index in [4.69, 9.17) is 20.9 Å². The van der Waals surface area contributed by atoms with E-state index in [0.717, 1.165) is 0 Å². The number of aromatic nitrogens is 2. The second-order valence-electron chi connectivity index (χ2n) is 6.41. The van der Waals surface area contributed by atoms with Gasteiger partial charge in [0.25, 0.3) is 0 Å². The maximum absolute atomic E-state index is 14.2. The normalized spacial score (nSPS) is 20.4. The maximum Gasteiger partial charge on any atom is 0.496 e. The highest BCUT2D eigenvalue weighted by Crippen LogP contribution is 2.37. The lowest BCUT2D eigenvalue weighted by molar-refractivity contribution is 0.00578. The Balaban J connectivity index is 2.12. The number of rotatable bonds is 1. The molecule has 0 radical (unpaired) electrons. The molecule has 1 saturated heterocycles. The highest BCUT2D eigenvalue weighted by Gasteiger charge is 2.52. The first-order valence-electron chi connectivity index (χ1n) is 6.79. The largest absolute Gasteiger partial charge is 0.496 e. The van der Waals surface area contributed by atoms with Crippen molar-refractivity contribution >= 4 is 35.1 Å². The van der Waals surface area contributed by atoms with Crippen LogP contribution in [-0.2, 0) is 16.4 Å². The van der Waals surface area contributed by atoms with Crippen molar-refractivity contribution in [1.29, 1.82) is 0 Å². The maximum atomic E-state index is 14.2. The van der Waals surface area contributed by atoms with Crippen LogP contribution in [0.25, 0.3) is 10.9 Å². The third-order valence-corrected chi connectivity index (χ3v) is 4.76. The van der Waals surface area contributed by atoms with Gasteiger partial charge in [0.05, 0.1) is 16.2 Å². The van der Waals surface area contributed by atoms with Crippen molar-refractivity contribution in [3.63, 3.8) is 0 Å². The highest BCUT2D eigenvalue weighted by molar-refractivity contribution is 6.66. The summed E-state index contributed by atoms with van der Waals surface area (Å²) >= 11 is 6.41. The van der Waals surface area contributed by atoms with Crippen LogP contribution in [0.3, 0.4) is 0 Å². The molecular weight excluding hydrogens is 293 g/mol. The Morgan fingerprint density at radius 3 is 2.38 bits per heavy atom. The van der Waals surface area contributed by atoms with Gasteiger partial charge in [-0.1, -0.05) is 11.6 Å².